The van der Waals surface area contributed by atoms with E-state index in [0.717, 1.165) is 0 Å². The van der Waals surface area contributed by atoms with Crippen molar-refractivity contribution in [3.63, 3.8) is 0 Å². The van der Waals surface area contributed by atoms with Gasteiger partial charge < -0.3 is 15.2 Å². The molecule has 0 radical (unpaired) electrons. The molecule has 24 heavy (non-hydrogen) atoms. The molecule has 9 nitrogen and oxygen atoms in total. The molecule has 0 bridgehead atoms. The number of hydrogen-bond donors (Lipinski definition) is 2. The second-order valence-electron chi connectivity index (χ2n) is 4.97. The number of hydrogen-bond acceptors (Lipinski definition) is 6. The van der Waals surface area contributed by atoms with Gasteiger partial charge in [-0.25, -0.2) is 0 Å². The van der Waals surface area contributed by atoms with E-state index in [2.05, 4.69) is 5.32 Å². The highest BCUT2D eigenvalue weighted by Crippen LogP contribution is 2.29. The van der Waals surface area contributed by atoms with Crippen LogP contribution in [0.5, 0.6) is 5.75 Å². The van der Waals surface area contributed by atoms with Crippen LogP contribution in [0.25, 0.3) is 0 Å². The maximum atomic E-state index is 12.2. The largest absolute Gasteiger partial charge is 0.495 e. The van der Waals surface area contributed by atoms with Crippen LogP contribution in [0, 0.1) is 10.1 Å². The molecule has 1 rings (SSSR count). The number of methoxy groups -OCH3 is 1. The Bertz CT molecular complexity index is 615. The SMILES string of the molecule is CCN(CC)C(CC(=O)Nc1cc([N+](=O)[O-])ccc1OC)C(=O)O. The van der Waals surface area contributed by atoms with Gasteiger partial charge in [0.15, 0.2) is 0 Å². The van der Waals surface area contributed by atoms with Gasteiger partial charge in [0, 0.05) is 12.1 Å². The number of nitro benzene ring substituents is 1. The second kappa shape index (κ2) is 8.82. The van der Waals surface area contributed by atoms with Crippen molar-refractivity contribution >= 4 is 23.3 Å². The standard InChI is InChI=1S/C15H21N3O6/c1-4-17(5-2)12(15(20)21)9-14(19)16-11-8-10(18(22)23)6-7-13(11)24-3/h6-8,12H,4-5,9H2,1-3H3,(H,16,19)(H,20,21). The van der Waals surface area contributed by atoms with Gasteiger partial charge in [0.2, 0.25) is 5.91 Å². The molecule has 0 aliphatic rings. The van der Waals surface area contributed by atoms with E-state index >= 15 is 0 Å². The molecule has 1 aromatic rings. The number of carboxylic acids is 1. The molecule has 9 heteroatoms. The lowest BCUT2D eigenvalue weighted by Gasteiger charge is -2.25. The number of likely N-dealkylation sites (N-methyl/N-ethyl adjacent to an activating group) is 1. The number of nitrogens with one attached hydrogen (secondary N) is 1. The maximum Gasteiger partial charge on any atom is 0.321 e. The van der Waals surface area contributed by atoms with Crippen molar-refractivity contribution in [1.29, 1.82) is 0 Å². The summed E-state index contributed by atoms with van der Waals surface area (Å²) in [6.07, 6.45) is -0.275. The van der Waals surface area contributed by atoms with Gasteiger partial charge in [-0.1, -0.05) is 13.8 Å². The highest BCUT2D eigenvalue weighted by molar-refractivity contribution is 5.95. The molecule has 0 aromatic heterocycles. The third-order valence-electron chi connectivity index (χ3n) is 3.58. The molecule has 0 saturated heterocycles. The van der Waals surface area contributed by atoms with Crippen molar-refractivity contribution in [3.8, 4) is 5.75 Å². The Kier molecular flexibility index (Phi) is 7.12. The van der Waals surface area contributed by atoms with Crippen LogP contribution in [0.3, 0.4) is 0 Å². The first-order valence-electron chi connectivity index (χ1n) is 7.43. The van der Waals surface area contributed by atoms with E-state index in [-0.39, 0.29) is 23.5 Å². The first-order chi connectivity index (χ1) is 11.3. The summed E-state index contributed by atoms with van der Waals surface area (Å²) in [6.45, 7) is 4.59. The van der Waals surface area contributed by atoms with Crippen LogP contribution >= 0.6 is 0 Å². The minimum absolute atomic E-state index is 0.125. The zero-order valence-electron chi connectivity index (χ0n) is 13.8. The monoisotopic (exact) mass is 339 g/mol. The maximum absolute atomic E-state index is 12.2. The van der Waals surface area contributed by atoms with E-state index in [1.54, 1.807) is 18.7 Å². The lowest BCUT2D eigenvalue weighted by molar-refractivity contribution is -0.384. The van der Waals surface area contributed by atoms with Crippen LogP contribution in [-0.4, -0.2) is 53.0 Å². The first-order valence-corrected chi connectivity index (χ1v) is 7.43. The quantitative estimate of drug-likeness (QED) is 0.519. The Hall–Kier alpha value is -2.68. The zero-order chi connectivity index (χ0) is 18.3. The summed E-state index contributed by atoms with van der Waals surface area (Å²) in [5, 5.41) is 22.6. The van der Waals surface area contributed by atoms with Gasteiger partial charge >= 0.3 is 5.97 Å². The summed E-state index contributed by atoms with van der Waals surface area (Å²) in [6, 6.07) is 2.82. The first kappa shape index (κ1) is 19.4. The fourth-order valence-corrected chi connectivity index (χ4v) is 2.32. The van der Waals surface area contributed by atoms with Gasteiger partial charge in [0.05, 0.1) is 24.1 Å². The van der Waals surface area contributed by atoms with E-state index in [1.165, 1.54) is 25.3 Å². The number of benzene rings is 1. The summed E-state index contributed by atoms with van der Waals surface area (Å²) < 4.78 is 5.06. The van der Waals surface area contributed by atoms with Gasteiger partial charge in [0.25, 0.3) is 5.69 Å². The number of anilines is 1. The number of carbonyl (C=O) groups is 2. The van der Waals surface area contributed by atoms with E-state index in [1.807, 2.05) is 0 Å². The lowest BCUT2D eigenvalue weighted by atomic mass is 10.1. The number of rotatable bonds is 9. The van der Waals surface area contributed by atoms with Crippen LogP contribution in [0.2, 0.25) is 0 Å². The number of nitrogens with zero attached hydrogens (tertiary/aromatic N) is 2. The normalized spacial score (nSPS) is 11.8. The molecule has 0 aliphatic heterocycles. The summed E-state index contributed by atoms with van der Waals surface area (Å²) in [5.74, 6) is -1.41. The van der Waals surface area contributed by atoms with Crippen LogP contribution in [0.4, 0.5) is 11.4 Å². The van der Waals surface area contributed by atoms with E-state index in [9.17, 15) is 24.8 Å². The van der Waals surface area contributed by atoms with Crippen molar-refractivity contribution in [1.82, 2.24) is 4.90 Å². The number of carboxylic acid groups (broad SMARTS) is 1. The summed E-state index contributed by atoms with van der Waals surface area (Å²) in [5.41, 5.74) is -0.0787. The van der Waals surface area contributed by atoms with E-state index in [0.29, 0.717) is 13.1 Å². The molecule has 1 amide bonds. The molecular formula is C15H21N3O6. The van der Waals surface area contributed by atoms with Crippen LogP contribution in [-0.2, 0) is 9.59 Å². The highest BCUT2D eigenvalue weighted by atomic mass is 16.6. The molecule has 1 aromatic carbocycles. The predicted octanol–water partition coefficient (Wildman–Crippen LogP) is 1.73. The van der Waals surface area contributed by atoms with Crippen molar-refractivity contribution < 1.29 is 24.4 Å². The molecule has 0 aliphatic carbocycles. The number of non-ortho nitro benzene ring substituents is 1. The second-order valence-corrected chi connectivity index (χ2v) is 4.97. The number of carbonyl (C=O) groups excluding carboxylic acids is 1. The van der Waals surface area contributed by atoms with Gasteiger partial charge in [-0.05, 0) is 19.2 Å². The minimum Gasteiger partial charge on any atom is -0.495 e. The Morgan fingerprint density at radius 1 is 1.38 bits per heavy atom. The molecule has 2 N–H and O–H groups in total. The third-order valence-corrected chi connectivity index (χ3v) is 3.58. The molecule has 1 unspecified atom stereocenters. The lowest BCUT2D eigenvalue weighted by Crippen LogP contribution is -2.43. The molecule has 132 valence electrons. The number of amides is 1. The average Bonchev–Trinajstić information content (AvgIpc) is 2.54. The Balaban J connectivity index is 2.95. The molecule has 1 atom stereocenters. The number of aliphatic carboxylic acids is 1. The fraction of sp³-hybridized carbons (Fsp3) is 0.467. The Morgan fingerprint density at radius 2 is 2.00 bits per heavy atom. The summed E-state index contributed by atoms with van der Waals surface area (Å²) in [4.78, 5) is 35.5. The van der Waals surface area contributed by atoms with Crippen molar-refractivity contribution in [2.45, 2.75) is 26.3 Å². The topological polar surface area (TPSA) is 122 Å². The van der Waals surface area contributed by atoms with Gasteiger partial charge in [0.1, 0.15) is 11.8 Å². The Morgan fingerprint density at radius 3 is 2.46 bits per heavy atom. The van der Waals surface area contributed by atoms with Crippen LogP contribution in [0.15, 0.2) is 18.2 Å². The van der Waals surface area contributed by atoms with Gasteiger partial charge in [-0.15, -0.1) is 0 Å². The molecular weight excluding hydrogens is 318 g/mol. The van der Waals surface area contributed by atoms with Crippen LogP contribution in [0.1, 0.15) is 20.3 Å². The van der Waals surface area contributed by atoms with Crippen LogP contribution < -0.4 is 10.1 Å². The van der Waals surface area contributed by atoms with Gasteiger partial charge in [-0.3, -0.25) is 24.6 Å². The van der Waals surface area contributed by atoms with E-state index in [4.69, 9.17) is 4.74 Å². The highest BCUT2D eigenvalue weighted by Gasteiger charge is 2.26. The number of nitro groups is 1. The zero-order valence-corrected chi connectivity index (χ0v) is 13.8. The van der Waals surface area contributed by atoms with Crippen molar-refractivity contribution in [3.05, 3.63) is 28.3 Å². The Labute approximate surface area is 139 Å². The smallest absolute Gasteiger partial charge is 0.321 e. The third kappa shape index (κ3) is 4.92. The average molecular weight is 339 g/mol. The summed E-state index contributed by atoms with van der Waals surface area (Å²) in [7, 11) is 1.37. The molecule has 0 spiro atoms. The number of ether oxygens (including phenoxy) is 1. The van der Waals surface area contributed by atoms with Crippen molar-refractivity contribution in [2.75, 3.05) is 25.5 Å². The molecule has 0 heterocycles. The van der Waals surface area contributed by atoms with E-state index < -0.39 is 22.8 Å². The summed E-state index contributed by atoms with van der Waals surface area (Å²) >= 11 is 0. The minimum atomic E-state index is -1.10. The van der Waals surface area contributed by atoms with Crippen molar-refractivity contribution in [2.24, 2.45) is 0 Å². The molecule has 0 saturated carbocycles. The fourth-order valence-electron chi connectivity index (χ4n) is 2.32. The molecule has 0 fully saturated rings. The van der Waals surface area contributed by atoms with Gasteiger partial charge in [-0.2, -0.15) is 0 Å². The predicted molar refractivity (Wildman–Crippen MR) is 87.2 cm³/mol.